The Bertz CT molecular complexity index is 243. The first-order valence-corrected chi connectivity index (χ1v) is 7.74. The largest absolute Gasteiger partial charge is 0.481 e. The predicted octanol–water partition coefficient (Wildman–Crippen LogP) is 5.55. The van der Waals surface area contributed by atoms with Gasteiger partial charge < -0.3 is 5.11 Å². The first kappa shape index (κ1) is 13.9. The van der Waals surface area contributed by atoms with E-state index in [4.69, 9.17) is 7.85 Å². The van der Waals surface area contributed by atoms with E-state index in [0.717, 1.165) is 12.8 Å². The van der Waals surface area contributed by atoms with E-state index in [2.05, 4.69) is 6.92 Å². The van der Waals surface area contributed by atoms with E-state index < -0.39 is 12.3 Å². The van der Waals surface area contributed by atoms with Gasteiger partial charge in [0.2, 0.25) is 0 Å². The van der Waals surface area contributed by atoms with Gasteiger partial charge in [-0.2, -0.15) is 0 Å². The predicted molar refractivity (Wildman–Crippen MR) is 77.9 cm³/mol. The molecule has 0 atom stereocenters. The summed E-state index contributed by atoms with van der Waals surface area (Å²) in [5.41, 5.74) is 0. The van der Waals surface area contributed by atoms with Gasteiger partial charge in [-0.15, -0.1) is 0 Å². The van der Waals surface area contributed by atoms with Crippen LogP contribution in [0.2, 0.25) is 0 Å². The number of hydrogen-bond acceptors (Lipinski definition) is 1. The Balaban J connectivity index is 3.19. The van der Waals surface area contributed by atoms with E-state index in [9.17, 15) is 4.79 Å². The van der Waals surface area contributed by atoms with Crippen LogP contribution in [-0.4, -0.2) is 11.1 Å². The summed E-state index contributed by atoms with van der Waals surface area (Å²) in [6, 6.07) is 0. The number of rotatable bonds is 14. The van der Waals surface area contributed by atoms with Crippen LogP contribution in [0.1, 0.15) is 99.5 Å². The Hall–Kier alpha value is -0.530. The van der Waals surface area contributed by atoms with Crippen LogP contribution in [0.3, 0.4) is 0 Å². The van der Waals surface area contributed by atoms with Gasteiger partial charge in [0.05, 0.1) is 0 Å². The average molecular weight is 258 g/mol. The Morgan fingerprint density at radius 1 is 0.778 bits per heavy atom. The zero-order valence-corrected chi connectivity index (χ0v) is 12.0. The monoisotopic (exact) mass is 258 g/mol. The molecule has 0 saturated heterocycles. The fourth-order valence-electron chi connectivity index (χ4n) is 2.16. The lowest BCUT2D eigenvalue weighted by Gasteiger charge is -2.02. The molecule has 108 valence electrons. The molecular formula is C16H32O2. The van der Waals surface area contributed by atoms with Crippen LogP contribution in [0.4, 0.5) is 0 Å². The molecule has 1 N–H and O–H groups in total. The van der Waals surface area contributed by atoms with Crippen LogP contribution in [0.25, 0.3) is 0 Å². The van der Waals surface area contributed by atoms with Gasteiger partial charge in [0.1, 0.15) is 0 Å². The molecule has 0 aliphatic heterocycles. The van der Waals surface area contributed by atoms with Crippen molar-refractivity contribution in [3.05, 3.63) is 0 Å². The van der Waals surface area contributed by atoms with Crippen LogP contribution < -0.4 is 0 Å². The minimum atomic E-state index is -2.04. The number of aliphatic carboxylic acids is 1. The van der Waals surface area contributed by atoms with Gasteiger partial charge in [-0.3, -0.25) is 4.79 Å². The maximum absolute atomic E-state index is 10.6. The molecule has 0 rings (SSSR count). The molecule has 0 aliphatic rings. The first-order chi connectivity index (χ1) is 9.50. The van der Waals surface area contributed by atoms with Gasteiger partial charge in [0.15, 0.2) is 0 Å². The number of carboxylic acid groups (broad SMARTS) is 1. The summed E-state index contributed by atoms with van der Waals surface area (Å²) in [5, 5.41) is 8.64. The maximum atomic E-state index is 10.6. The maximum Gasteiger partial charge on any atom is 0.303 e. The summed E-state index contributed by atoms with van der Waals surface area (Å²) < 4.78 is 14.6. The quantitative estimate of drug-likeness (QED) is 0.415. The molecule has 2 heteroatoms. The molecule has 0 aromatic carbocycles. The number of carbonyl (C=O) groups is 1. The Kier molecular flexibility index (Phi) is 11.2. The fourth-order valence-corrected chi connectivity index (χ4v) is 2.16. The van der Waals surface area contributed by atoms with Crippen molar-refractivity contribution in [2.24, 2.45) is 0 Å². The fraction of sp³-hybridized carbons (Fsp3) is 0.938. The zero-order valence-electron chi connectivity index (χ0n) is 14.0. The molecule has 2 nitrogen and oxygen atoms in total. The van der Waals surface area contributed by atoms with Gasteiger partial charge in [-0.1, -0.05) is 84.0 Å². The molecule has 0 unspecified atom stereocenters. The summed E-state index contributed by atoms with van der Waals surface area (Å²) in [4.78, 5) is 10.6. The summed E-state index contributed by atoms with van der Waals surface area (Å²) in [6.45, 7) is 2.24. The van der Waals surface area contributed by atoms with E-state index >= 15 is 0 Å². The van der Waals surface area contributed by atoms with Crippen molar-refractivity contribution < 1.29 is 12.6 Å². The van der Waals surface area contributed by atoms with Crippen molar-refractivity contribution in [2.45, 2.75) is 96.8 Å². The molecule has 0 bridgehead atoms. The normalized spacial score (nSPS) is 13.2. The third-order valence-electron chi connectivity index (χ3n) is 3.31. The van der Waals surface area contributed by atoms with E-state index in [-0.39, 0.29) is 6.42 Å². The van der Waals surface area contributed by atoms with E-state index in [1.165, 1.54) is 57.8 Å². The highest BCUT2D eigenvalue weighted by Crippen LogP contribution is 2.12. The highest BCUT2D eigenvalue weighted by Gasteiger charge is 1.96. The summed E-state index contributed by atoms with van der Waals surface area (Å²) in [5.74, 6) is -1.33. The lowest BCUT2D eigenvalue weighted by Crippen LogP contribution is -1.93. The lowest BCUT2D eigenvalue weighted by atomic mass is 10.0. The van der Waals surface area contributed by atoms with Gasteiger partial charge in [-0.25, -0.2) is 0 Å². The Morgan fingerprint density at radius 2 is 1.11 bits per heavy atom. The van der Waals surface area contributed by atoms with E-state index in [1.54, 1.807) is 0 Å². The summed E-state index contributed by atoms with van der Waals surface area (Å²) in [6.07, 6.45) is 12.7. The summed E-state index contributed by atoms with van der Waals surface area (Å²) >= 11 is 0. The number of hydrogen-bond donors (Lipinski definition) is 1. The smallest absolute Gasteiger partial charge is 0.303 e. The van der Waals surface area contributed by atoms with Crippen LogP contribution in [0.5, 0.6) is 0 Å². The third kappa shape index (κ3) is 15.5. The van der Waals surface area contributed by atoms with Crippen LogP contribution >= 0.6 is 0 Å². The van der Waals surface area contributed by atoms with Gasteiger partial charge in [0.25, 0.3) is 0 Å². The molecular weight excluding hydrogens is 224 g/mol. The van der Waals surface area contributed by atoms with Gasteiger partial charge in [0, 0.05) is 9.11 Å². The molecule has 0 aliphatic carbocycles. The van der Waals surface area contributed by atoms with Crippen molar-refractivity contribution >= 4 is 5.97 Å². The SMILES string of the molecule is [2H]C([2H])(CCCCCCCCCCCCCC)C(=O)O. The molecule has 0 saturated carbocycles. The zero-order chi connectivity index (χ0) is 15.3. The molecule has 0 heterocycles. The molecule has 0 amide bonds. The van der Waals surface area contributed by atoms with Crippen molar-refractivity contribution in [2.75, 3.05) is 0 Å². The highest BCUT2D eigenvalue weighted by molar-refractivity contribution is 5.66. The second kappa shape index (κ2) is 14.5. The highest BCUT2D eigenvalue weighted by atomic mass is 16.4. The van der Waals surface area contributed by atoms with Crippen molar-refractivity contribution in [1.82, 2.24) is 0 Å². The number of carboxylic acids is 1. The molecule has 0 spiro atoms. The Labute approximate surface area is 116 Å². The molecule has 18 heavy (non-hydrogen) atoms. The first-order valence-electron chi connectivity index (χ1n) is 8.74. The summed E-state index contributed by atoms with van der Waals surface area (Å²) in [7, 11) is 0. The van der Waals surface area contributed by atoms with Crippen LogP contribution in [-0.2, 0) is 4.79 Å². The topological polar surface area (TPSA) is 37.3 Å². The third-order valence-corrected chi connectivity index (χ3v) is 3.31. The van der Waals surface area contributed by atoms with Crippen LogP contribution in [0, 0.1) is 0 Å². The molecule has 0 fully saturated rings. The second-order valence-corrected chi connectivity index (χ2v) is 5.12. The van der Waals surface area contributed by atoms with Crippen molar-refractivity contribution in [1.29, 1.82) is 0 Å². The van der Waals surface area contributed by atoms with Gasteiger partial charge in [-0.05, 0) is 6.42 Å². The molecule has 0 aromatic heterocycles. The lowest BCUT2D eigenvalue weighted by molar-refractivity contribution is -0.137. The van der Waals surface area contributed by atoms with E-state index in [1.807, 2.05) is 0 Å². The second-order valence-electron chi connectivity index (χ2n) is 5.12. The standard InChI is InChI=1S/C16H32O2/c1-2-3-4-5-6-7-8-9-10-11-12-13-14-15-16(17)18/h2-15H2,1H3,(H,17,18)/i15D2. The van der Waals surface area contributed by atoms with Gasteiger partial charge >= 0.3 is 5.97 Å². The average Bonchev–Trinajstić information content (AvgIpc) is 2.39. The molecule has 0 aromatic rings. The molecule has 0 radical (unpaired) electrons. The van der Waals surface area contributed by atoms with Crippen LogP contribution in [0.15, 0.2) is 0 Å². The van der Waals surface area contributed by atoms with Crippen molar-refractivity contribution in [3.8, 4) is 0 Å². The van der Waals surface area contributed by atoms with Crippen molar-refractivity contribution in [3.63, 3.8) is 0 Å². The minimum absolute atomic E-state index is 0.139. The minimum Gasteiger partial charge on any atom is -0.481 e. The Morgan fingerprint density at radius 3 is 1.44 bits per heavy atom. The number of unbranched alkanes of at least 4 members (excludes halogenated alkanes) is 11. The van der Waals surface area contributed by atoms with E-state index in [0.29, 0.717) is 6.42 Å².